The van der Waals surface area contributed by atoms with E-state index in [1.54, 1.807) is 20.8 Å². The summed E-state index contributed by atoms with van der Waals surface area (Å²) in [4.78, 5) is 37.4. The predicted octanol–water partition coefficient (Wildman–Crippen LogP) is 5.53. The molecule has 0 fully saturated rings. The van der Waals surface area contributed by atoms with Crippen molar-refractivity contribution in [2.75, 3.05) is 25.1 Å². The van der Waals surface area contributed by atoms with Crippen LogP contribution in [-0.4, -0.2) is 37.7 Å². The van der Waals surface area contributed by atoms with Crippen molar-refractivity contribution in [3.05, 3.63) is 44.2 Å². The Bertz CT molecular complexity index is 972. The smallest absolute Gasteiger partial charge is 0.348 e. The third-order valence-corrected chi connectivity index (χ3v) is 6.36. The summed E-state index contributed by atoms with van der Waals surface area (Å²) < 4.78 is 16.8. The van der Waals surface area contributed by atoms with Crippen LogP contribution in [0.1, 0.15) is 64.8 Å². The van der Waals surface area contributed by atoms with E-state index in [0.29, 0.717) is 18.6 Å². The van der Waals surface area contributed by atoms with Crippen LogP contribution in [0, 0.1) is 6.92 Å². The Balaban J connectivity index is 2.01. The highest BCUT2D eigenvalue weighted by atomic mass is 79.9. The molecule has 1 aromatic carbocycles. The molecule has 2 rings (SSSR count). The quantitative estimate of drug-likeness (QED) is 0.306. The molecule has 9 heteroatoms. The first-order chi connectivity index (χ1) is 15.3. The lowest BCUT2D eigenvalue weighted by Crippen LogP contribution is -2.15. The van der Waals surface area contributed by atoms with E-state index in [1.165, 1.54) is 5.56 Å². The molecule has 0 aliphatic carbocycles. The maximum absolute atomic E-state index is 12.5. The fourth-order valence-corrected chi connectivity index (χ4v) is 4.57. The number of rotatable bonds is 11. The van der Waals surface area contributed by atoms with E-state index in [9.17, 15) is 14.4 Å². The van der Waals surface area contributed by atoms with Crippen molar-refractivity contribution in [1.29, 1.82) is 0 Å². The number of esters is 2. The molecule has 0 aliphatic rings. The van der Waals surface area contributed by atoms with Gasteiger partial charge in [0.2, 0.25) is 5.91 Å². The molecule has 0 saturated heterocycles. The number of hydrogen-bond acceptors (Lipinski definition) is 7. The number of amides is 1. The minimum absolute atomic E-state index is 0.183. The molecule has 1 heterocycles. The van der Waals surface area contributed by atoms with Gasteiger partial charge in [-0.2, -0.15) is 0 Å². The molecular weight excluding hydrogens is 498 g/mol. The van der Waals surface area contributed by atoms with Crippen LogP contribution in [0.25, 0.3) is 0 Å². The van der Waals surface area contributed by atoms with Gasteiger partial charge in [-0.3, -0.25) is 4.79 Å². The highest BCUT2D eigenvalue weighted by Crippen LogP contribution is 2.34. The van der Waals surface area contributed by atoms with Gasteiger partial charge in [0.15, 0.2) is 0 Å². The molecular formula is C23H28BrNO6S. The van der Waals surface area contributed by atoms with Gasteiger partial charge in [-0.05, 0) is 72.8 Å². The van der Waals surface area contributed by atoms with Crippen molar-refractivity contribution in [2.45, 2.75) is 47.0 Å². The zero-order chi connectivity index (χ0) is 23.7. The van der Waals surface area contributed by atoms with Crippen molar-refractivity contribution in [2.24, 2.45) is 0 Å². The fraction of sp³-hybridized carbons (Fsp3) is 0.435. The molecule has 0 spiro atoms. The molecule has 1 aromatic heterocycles. The van der Waals surface area contributed by atoms with Crippen LogP contribution >= 0.6 is 27.3 Å². The SMILES string of the molecule is CCOC(=O)c1sc(NC(=O)CCCOc2ccc(CC)cc2Br)c(C(=O)OCC)c1C. The molecule has 32 heavy (non-hydrogen) atoms. The lowest BCUT2D eigenvalue weighted by molar-refractivity contribution is -0.116. The number of aryl methyl sites for hydroxylation is 1. The topological polar surface area (TPSA) is 90.9 Å². The standard InChI is InChI=1S/C23H28BrNO6S/c1-5-15-10-11-17(16(24)13-15)31-12-8-9-18(26)25-21-19(22(27)29-6-2)14(4)20(32-21)23(28)30-7-3/h10-11,13H,5-9,12H2,1-4H3,(H,25,26). The first-order valence-electron chi connectivity index (χ1n) is 10.5. The normalized spacial score (nSPS) is 10.5. The van der Waals surface area contributed by atoms with E-state index < -0.39 is 11.9 Å². The van der Waals surface area contributed by atoms with Gasteiger partial charge in [0.1, 0.15) is 15.6 Å². The lowest BCUT2D eigenvalue weighted by atomic mass is 10.1. The van der Waals surface area contributed by atoms with Gasteiger partial charge in [0.25, 0.3) is 0 Å². The maximum atomic E-state index is 12.5. The third-order valence-electron chi connectivity index (χ3n) is 4.55. The summed E-state index contributed by atoms with van der Waals surface area (Å²) in [6.45, 7) is 7.87. The first kappa shape index (κ1) is 25.9. The Labute approximate surface area is 200 Å². The predicted molar refractivity (Wildman–Crippen MR) is 128 cm³/mol. The van der Waals surface area contributed by atoms with Crippen LogP contribution in [0.15, 0.2) is 22.7 Å². The molecule has 0 aliphatic heterocycles. The Hall–Kier alpha value is -2.39. The van der Waals surface area contributed by atoms with E-state index in [1.807, 2.05) is 18.2 Å². The van der Waals surface area contributed by atoms with Crippen LogP contribution in [0.4, 0.5) is 5.00 Å². The second-order valence-electron chi connectivity index (χ2n) is 6.82. The zero-order valence-electron chi connectivity index (χ0n) is 18.7. The number of thiophene rings is 1. The lowest BCUT2D eigenvalue weighted by Gasteiger charge is -2.10. The van der Waals surface area contributed by atoms with E-state index >= 15 is 0 Å². The number of carbonyl (C=O) groups excluding carboxylic acids is 3. The van der Waals surface area contributed by atoms with Crippen LogP contribution < -0.4 is 10.1 Å². The first-order valence-corrected chi connectivity index (χ1v) is 12.1. The summed E-state index contributed by atoms with van der Waals surface area (Å²) in [5.74, 6) is -0.679. The summed E-state index contributed by atoms with van der Waals surface area (Å²) in [6, 6.07) is 5.92. The highest BCUT2D eigenvalue weighted by molar-refractivity contribution is 9.10. The second-order valence-corrected chi connectivity index (χ2v) is 8.69. The van der Waals surface area contributed by atoms with Gasteiger partial charge in [-0.1, -0.05) is 13.0 Å². The van der Waals surface area contributed by atoms with Crippen molar-refractivity contribution >= 4 is 50.1 Å². The Morgan fingerprint density at radius 1 is 1.06 bits per heavy atom. The monoisotopic (exact) mass is 525 g/mol. The van der Waals surface area contributed by atoms with Gasteiger partial charge >= 0.3 is 11.9 Å². The number of halogens is 1. The van der Waals surface area contributed by atoms with Crippen LogP contribution in [0.3, 0.4) is 0 Å². The molecule has 0 atom stereocenters. The molecule has 2 aromatic rings. The summed E-state index contributed by atoms with van der Waals surface area (Å²) in [6.07, 6.45) is 1.61. The van der Waals surface area contributed by atoms with Crippen molar-refractivity contribution in [3.8, 4) is 5.75 Å². The molecule has 0 unspecified atom stereocenters. The molecule has 0 bridgehead atoms. The van der Waals surface area contributed by atoms with Crippen LogP contribution in [-0.2, 0) is 20.7 Å². The highest BCUT2D eigenvalue weighted by Gasteiger charge is 2.27. The Kier molecular flexibility index (Phi) is 10.2. The number of benzene rings is 1. The minimum Gasteiger partial charge on any atom is -0.492 e. The number of hydrogen-bond donors (Lipinski definition) is 1. The Morgan fingerprint density at radius 2 is 1.75 bits per heavy atom. The molecule has 7 nitrogen and oxygen atoms in total. The van der Waals surface area contributed by atoms with E-state index in [4.69, 9.17) is 14.2 Å². The summed E-state index contributed by atoms with van der Waals surface area (Å²) in [5.41, 5.74) is 1.82. The van der Waals surface area contributed by atoms with E-state index in [2.05, 4.69) is 28.2 Å². The van der Waals surface area contributed by atoms with Gasteiger partial charge in [-0.25, -0.2) is 9.59 Å². The molecule has 1 amide bonds. The number of carbonyl (C=O) groups is 3. The average molecular weight is 526 g/mol. The fourth-order valence-electron chi connectivity index (χ4n) is 2.93. The van der Waals surface area contributed by atoms with Gasteiger partial charge in [-0.15, -0.1) is 11.3 Å². The summed E-state index contributed by atoms with van der Waals surface area (Å²) in [7, 11) is 0. The maximum Gasteiger partial charge on any atom is 0.348 e. The summed E-state index contributed by atoms with van der Waals surface area (Å²) in [5, 5.41) is 3.02. The average Bonchev–Trinajstić information content (AvgIpc) is 3.08. The van der Waals surface area contributed by atoms with Crippen molar-refractivity contribution in [1.82, 2.24) is 0 Å². The molecule has 0 radical (unpaired) electrons. The van der Waals surface area contributed by atoms with E-state index in [0.717, 1.165) is 28.0 Å². The van der Waals surface area contributed by atoms with Crippen molar-refractivity contribution < 1.29 is 28.6 Å². The van der Waals surface area contributed by atoms with Crippen molar-refractivity contribution in [3.63, 3.8) is 0 Å². The molecule has 0 saturated carbocycles. The third kappa shape index (κ3) is 6.80. The van der Waals surface area contributed by atoms with Gasteiger partial charge in [0, 0.05) is 6.42 Å². The zero-order valence-corrected chi connectivity index (χ0v) is 21.1. The number of ether oxygens (including phenoxy) is 3. The number of nitrogens with one attached hydrogen (secondary N) is 1. The van der Waals surface area contributed by atoms with Gasteiger partial charge < -0.3 is 19.5 Å². The van der Waals surface area contributed by atoms with Crippen LogP contribution in [0.2, 0.25) is 0 Å². The Morgan fingerprint density at radius 3 is 2.38 bits per heavy atom. The molecule has 1 N–H and O–H groups in total. The summed E-state index contributed by atoms with van der Waals surface area (Å²) >= 11 is 4.51. The minimum atomic E-state index is -0.587. The second kappa shape index (κ2) is 12.6. The van der Waals surface area contributed by atoms with E-state index in [-0.39, 0.29) is 41.0 Å². The largest absolute Gasteiger partial charge is 0.492 e. The van der Waals surface area contributed by atoms with Gasteiger partial charge in [0.05, 0.1) is 29.9 Å². The van der Waals surface area contributed by atoms with Crippen LogP contribution in [0.5, 0.6) is 5.75 Å². The molecule has 174 valence electrons. The number of anilines is 1.